The Morgan fingerprint density at radius 3 is 2.64 bits per heavy atom. The number of amides is 1. The first-order valence-electron chi connectivity index (χ1n) is 11.3. The standard InChI is InChI=1S/C27H23Cl2N3O4/c1-3-36-21-11-8-15(12-22(21)35-2)26-23-24(18-13-17(28)9-10-20(18)33)30-31-25(23)27(34)32(26)14-16-6-4-5-7-19(16)29/h4-13,26,33H,3,14H2,1-2H3,(H,30,31). The van der Waals surface area contributed by atoms with E-state index in [-0.39, 0.29) is 18.2 Å². The van der Waals surface area contributed by atoms with Crippen molar-refractivity contribution in [2.45, 2.75) is 19.5 Å². The Morgan fingerprint density at radius 2 is 1.89 bits per heavy atom. The van der Waals surface area contributed by atoms with Crippen LogP contribution in [0.3, 0.4) is 0 Å². The Bertz CT molecular complexity index is 1450. The van der Waals surface area contributed by atoms with Crippen LogP contribution in [0.1, 0.15) is 40.1 Å². The Kier molecular flexibility index (Phi) is 6.51. The fourth-order valence-electron chi connectivity index (χ4n) is 4.55. The number of hydrogen-bond acceptors (Lipinski definition) is 5. The molecule has 7 nitrogen and oxygen atoms in total. The number of carbonyl (C=O) groups is 1. The summed E-state index contributed by atoms with van der Waals surface area (Å²) in [5.74, 6) is 0.922. The molecular formula is C27H23Cl2N3O4. The first-order valence-corrected chi connectivity index (χ1v) is 12.1. The van der Waals surface area contributed by atoms with Crippen molar-refractivity contribution in [2.24, 2.45) is 0 Å². The number of ether oxygens (including phenoxy) is 2. The number of aromatic amines is 1. The van der Waals surface area contributed by atoms with Gasteiger partial charge in [-0.3, -0.25) is 9.89 Å². The Balaban J connectivity index is 1.69. The molecule has 0 fully saturated rings. The number of benzene rings is 3. The minimum atomic E-state index is -0.541. The summed E-state index contributed by atoms with van der Waals surface area (Å²) in [5.41, 5.74) is 3.44. The fourth-order valence-corrected chi connectivity index (χ4v) is 4.92. The van der Waals surface area contributed by atoms with Gasteiger partial charge in [0.25, 0.3) is 5.91 Å². The van der Waals surface area contributed by atoms with Crippen molar-refractivity contribution < 1.29 is 19.4 Å². The summed E-state index contributed by atoms with van der Waals surface area (Å²) >= 11 is 12.7. The molecule has 1 atom stereocenters. The van der Waals surface area contributed by atoms with Crippen molar-refractivity contribution in [3.63, 3.8) is 0 Å². The number of H-pyrrole nitrogens is 1. The van der Waals surface area contributed by atoms with Crippen LogP contribution in [0.15, 0.2) is 60.7 Å². The van der Waals surface area contributed by atoms with E-state index in [4.69, 9.17) is 32.7 Å². The largest absolute Gasteiger partial charge is 0.507 e. The van der Waals surface area contributed by atoms with Gasteiger partial charge in [0.05, 0.1) is 19.8 Å². The highest BCUT2D eigenvalue weighted by Gasteiger charge is 2.43. The number of halogens is 2. The lowest BCUT2D eigenvalue weighted by molar-refractivity contribution is 0.0730. The number of nitrogens with one attached hydrogen (secondary N) is 1. The minimum Gasteiger partial charge on any atom is -0.507 e. The number of hydrogen-bond donors (Lipinski definition) is 2. The number of rotatable bonds is 7. The van der Waals surface area contributed by atoms with E-state index < -0.39 is 6.04 Å². The summed E-state index contributed by atoms with van der Waals surface area (Å²) in [6.45, 7) is 2.65. The first-order chi connectivity index (χ1) is 17.4. The van der Waals surface area contributed by atoms with E-state index in [9.17, 15) is 9.90 Å². The maximum Gasteiger partial charge on any atom is 0.273 e. The predicted molar refractivity (Wildman–Crippen MR) is 138 cm³/mol. The normalized spacial score (nSPS) is 14.7. The number of fused-ring (bicyclic) bond motifs is 1. The zero-order valence-corrected chi connectivity index (χ0v) is 21.1. The van der Waals surface area contributed by atoms with Gasteiger partial charge in [-0.05, 0) is 54.4 Å². The summed E-state index contributed by atoms with van der Waals surface area (Å²) in [5, 5.41) is 18.9. The third-order valence-corrected chi connectivity index (χ3v) is 6.78. The molecule has 36 heavy (non-hydrogen) atoms. The topological polar surface area (TPSA) is 87.7 Å². The first kappa shape index (κ1) is 24.0. The molecule has 0 saturated heterocycles. The summed E-state index contributed by atoms with van der Waals surface area (Å²) in [6.07, 6.45) is 0. The third kappa shape index (κ3) is 4.14. The van der Waals surface area contributed by atoms with Crippen molar-refractivity contribution in [3.8, 4) is 28.5 Å². The summed E-state index contributed by atoms with van der Waals surface area (Å²) in [4.78, 5) is 15.4. The molecule has 0 bridgehead atoms. The van der Waals surface area contributed by atoms with Crippen molar-refractivity contribution in [1.29, 1.82) is 0 Å². The van der Waals surface area contributed by atoms with Gasteiger partial charge < -0.3 is 19.5 Å². The molecule has 3 aromatic carbocycles. The molecule has 0 spiro atoms. The van der Waals surface area contributed by atoms with Crippen LogP contribution in [0.5, 0.6) is 17.2 Å². The third-order valence-electron chi connectivity index (χ3n) is 6.18. The molecule has 2 heterocycles. The molecule has 184 valence electrons. The summed E-state index contributed by atoms with van der Waals surface area (Å²) in [7, 11) is 1.57. The van der Waals surface area contributed by atoms with Crippen LogP contribution in [0.2, 0.25) is 10.0 Å². The average molecular weight is 524 g/mol. The van der Waals surface area contributed by atoms with Crippen molar-refractivity contribution in [2.75, 3.05) is 13.7 Å². The second kappa shape index (κ2) is 9.76. The van der Waals surface area contributed by atoms with Crippen LogP contribution >= 0.6 is 23.2 Å². The van der Waals surface area contributed by atoms with Crippen LogP contribution in [-0.2, 0) is 6.54 Å². The van der Waals surface area contributed by atoms with E-state index >= 15 is 0 Å². The second-order valence-corrected chi connectivity index (χ2v) is 9.14. The van der Waals surface area contributed by atoms with Crippen LogP contribution in [0.4, 0.5) is 0 Å². The van der Waals surface area contributed by atoms with Crippen LogP contribution in [0, 0.1) is 0 Å². The van der Waals surface area contributed by atoms with Crippen LogP contribution in [0.25, 0.3) is 11.3 Å². The lowest BCUT2D eigenvalue weighted by atomic mass is 9.95. The quantitative estimate of drug-likeness (QED) is 0.299. The smallest absolute Gasteiger partial charge is 0.273 e. The van der Waals surface area contributed by atoms with Crippen LogP contribution in [-0.4, -0.2) is 39.8 Å². The van der Waals surface area contributed by atoms with Gasteiger partial charge in [0.15, 0.2) is 11.5 Å². The molecule has 2 N–H and O–H groups in total. The molecule has 0 saturated carbocycles. The van der Waals surface area contributed by atoms with Crippen molar-refractivity contribution in [1.82, 2.24) is 15.1 Å². The Hall–Kier alpha value is -3.68. The number of phenolic OH excluding ortho intramolecular Hbond substituents is 1. The molecule has 1 amide bonds. The van der Waals surface area contributed by atoms with E-state index in [0.29, 0.717) is 50.7 Å². The molecule has 0 radical (unpaired) electrons. The second-order valence-electron chi connectivity index (χ2n) is 8.29. The van der Waals surface area contributed by atoms with Gasteiger partial charge in [0.1, 0.15) is 17.1 Å². The highest BCUT2D eigenvalue weighted by atomic mass is 35.5. The number of aromatic hydroxyl groups is 1. The number of carbonyl (C=O) groups excluding carboxylic acids is 1. The number of methoxy groups -OCH3 is 1. The van der Waals surface area contributed by atoms with E-state index in [1.165, 1.54) is 6.07 Å². The molecule has 4 aromatic rings. The van der Waals surface area contributed by atoms with Gasteiger partial charge in [-0.1, -0.05) is 47.5 Å². The summed E-state index contributed by atoms with van der Waals surface area (Å²) < 4.78 is 11.3. The van der Waals surface area contributed by atoms with Gasteiger partial charge in [-0.25, -0.2) is 0 Å². The highest BCUT2D eigenvalue weighted by Crippen LogP contribution is 2.47. The van der Waals surface area contributed by atoms with E-state index in [1.807, 2.05) is 43.3 Å². The number of aromatic nitrogens is 2. The highest BCUT2D eigenvalue weighted by molar-refractivity contribution is 6.31. The van der Waals surface area contributed by atoms with Gasteiger partial charge in [0.2, 0.25) is 0 Å². The van der Waals surface area contributed by atoms with E-state index in [2.05, 4.69) is 10.2 Å². The van der Waals surface area contributed by atoms with Crippen molar-refractivity contribution in [3.05, 3.63) is 93.1 Å². The molecule has 1 aliphatic rings. The molecule has 5 rings (SSSR count). The zero-order valence-electron chi connectivity index (χ0n) is 19.6. The van der Waals surface area contributed by atoms with Gasteiger partial charge >= 0.3 is 0 Å². The number of nitrogens with zero attached hydrogens (tertiary/aromatic N) is 2. The van der Waals surface area contributed by atoms with Crippen LogP contribution < -0.4 is 9.47 Å². The SMILES string of the molecule is CCOc1ccc(C2c3c(-c4cc(Cl)ccc4O)n[nH]c3C(=O)N2Cc2ccccc2Cl)cc1OC. The Labute approximate surface area is 218 Å². The van der Waals surface area contributed by atoms with Gasteiger partial charge in [-0.2, -0.15) is 5.10 Å². The molecule has 0 aliphatic carbocycles. The minimum absolute atomic E-state index is 0.00808. The number of phenols is 1. The zero-order chi connectivity index (χ0) is 25.4. The maximum atomic E-state index is 13.7. The van der Waals surface area contributed by atoms with Gasteiger partial charge in [-0.15, -0.1) is 0 Å². The summed E-state index contributed by atoms with van der Waals surface area (Å²) in [6, 6.07) is 17.2. The molecule has 1 aliphatic heterocycles. The Morgan fingerprint density at radius 1 is 1.08 bits per heavy atom. The fraction of sp³-hybridized carbons (Fsp3) is 0.185. The molecule has 1 unspecified atom stereocenters. The maximum absolute atomic E-state index is 13.7. The van der Waals surface area contributed by atoms with Crippen molar-refractivity contribution >= 4 is 29.1 Å². The monoisotopic (exact) mass is 523 g/mol. The molecule has 1 aromatic heterocycles. The molecular weight excluding hydrogens is 501 g/mol. The predicted octanol–water partition coefficient (Wildman–Crippen LogP) is 6.24. The van der Waals surface area contributed by atoms with E-state index in [1.54, 1.807) is 30.2 Å². The average Bonchev–Trinajstić information content (AvgIpc) is 3.41. The van der Waals surface area contributed by atoms with E-state index in [0.717, 1.165) is 11.1 Å². The van der Waals surface area contributed by atoms with Gasteiger partial charge in [0, 0.05) is 27.7 Å². The molecule has 9 heteroatoms. The lowest BCUT2D eigenvalue weighted by Crippen LogP contribution is -2.29. The lowest BCUT2D eigenvalue weighted by Gasteiger charge is -2.27.